The number of aliphatic hydroxyl groups excluding tert-OH is 1. The highest BCUT2D eigenvalue weighted by atomic mass is 16.5. The number of carbonyl (C=O) groups excluding carboxylic acids is 1. The van der Waals surface area contributed by atoms with Crippen molar-refractivity contribution < 1.29 is 14.6 Å². The standard InChI is InChI=1S/C16H25N3O3/c1-4-11-10(2)14(18-17-11)15(21)19-7-5-16(6-8-19)12(20)9-13(16)22-3/h12-13,20H,4-9H2,1-3H3,(H,17,18)/t12-,13+/m0/s1. The number of aryl methyl sites for hydroxylation is 1. The fourth-order valence-electron chi connectivity index (χ4n) is 3.97. The first kappa shape index (κ1) is 15.5. The number of nitrogens with one attached hydrogen (secondary N) is 1. The van der Waals surface area contributed by atoms with Crippen LogP contribution in [0.4, 0.5) is 0 Å². The molecular weight excluding hydrogens is 282 g/mol. The van der Waals surface area contributed by atoms with E-state index in [9.17, 15) is 9.90 Å². The average Bonchev–Trinajstić information content (AvgIpc) is 2.92. The predicted octanol–water partition coefficient (Wildman–Crippen LogP) is 1.28. The molecule has 3 rings (SSSR count). The number of piperidine rings is 1. The summed E-state index contributed by atoms with van der Waals surface area (Å²) >= 11 is 0. The molecule has 1 aromatic heterocycles. The minimum Gasteiger partial charge on any atom is -0.392 e. The molecule has 6 nitrogen and oxygen atoms in total. The lowest BCUT2D eigenvalue weighted by atomic mass is 9.58. The van der Waals surface area contributed by atoms with E-state index in [0.29, 0.717) is 25.2 Å². The minimum atomic E-state index is -0.298. The SMILES string of the molecule is CCc1[nH]nc(C(=O)N2CCC3(CC2)[C@@H](O)C[C@H]3OC)c1C. The third-order valence-corrected chi connectivity index (χ3v) is 5.67. The summed E-state index contributed by atoms with van der Waals surface area (Å²) in [4.78, 5) is 14.5. The molecule has 2 atom stereocenters. The van der Waals surface area contributed by atoms with Crippen LogP contribution in [-0.4, -0.2) is 58.5 Å². The molecule has 1 saturated carbocycles. The summed E-state index contributed by atoms with van der Waals surface area (Å²) in [5.41, 5.74) is 2.35. The maximum absolute atomic E-state index is 12.6. The van der Waals surface area contributed by atoms with Crippen LogP contribution < -0.4 is 0 Å². The van der Waals surface area contributed by atoms with Gasteiger partial charge < -0.3 is 14.7 Å². The number of carbonyl (C=O) groups is 1. The summed E-state index contributed by atoms with van der Waals surface area (Å²) in [7, 11) is 1.70. The number of hydrogen-bond acceptors (Lipinski definition) is 4. The van der Waals surface area contributed by atoms with Gasteiger partial charge in [-0.1, -0.05) is 6.92 Å². The number of ether oxygens (including phenoxy) is 1. The Morgan fingerprint density at radius 1 is 1.50 bits per heavy atom. The Labute approximate surface area is 130 Å². The van der Waals surface area contributed by atoms with Gasteiger partial charge in [-0.2, -0.15) is 5.10 Å². The second-order valence-corrected chi connectivity index (χ2v) is 6.53. The largest absolute Gasteiger partial charge is 0.392 e. The highest BCUT2D eigenvalue weighted by Gasteiger charge is 2.56. The van der Waals surface area contributed by atoms with E-state index in [1.165, 1.54) is 0 Å². The summed E-state index contributed by atoms with van der Waals surface area (Å²) in [6, 6.07) is 0. The molecule has 6 heteroatoms. The molecule has 1 amide bonds. The van der Waals surface area contributed by atoms with Gasteiger partial charge >= 0.3 is 0 Å². The Morgan fingerprint density at radius 3 is 2.68 bits per heavy atom. The van der Waals surface area contributed by atoms with E-state index in [4.69, 9.17) is 4.74 Å². The van der Waals surface area contributed by atoms with Gasteiger partial charge in [0, 0.05) is 43.3 Å². The number of nitrogens with zero attached hydrogens (tertiary/aromatic N) is 2. The van der Waals surface area contributed by atoms with Crippen LogP contribution in [0.3, 0.4) is 0 Å². The van der Waals surface area contributed by atoms with Crippen molar-refractivity contribution >= 4 is 5.91 Å². The lowest BCUT2D eigenvalue weighted by Crippen LogP contribution is -2.62. The fourth-order valence-corrected chi connectivity index (χ4v) is 3.97. The predicted molar refractivity (Wildman–Crippen MR) is 81.7 cm³/mol. The van der Waals surface area contributed by atoms with E-state index in [2.05, 4.69) is 10.2 Å². The van der Waals surface area contributed by atoms with Crippen molar-refractivity contribution in [1.82, 2.24) is 15.1 Å². The second-order valence-electron chi connectivity index (χ2n) is 6.53. The van der Waals surface area contributed by atoms with Crippen LogP contribution in [0.5, 0.6) is 0 Å². The van der Waals surface area contributed by atoms with Crippen molar-refractivity contribution in [2.75, 3.05) is 20.2 Å². The third-order valence-electron chi connectivity index (χ3n) is 5.67. The second kappa shape index (κ2) is 5.66. The summed E-state index contributed by atoms with van der Waals surface area (Å²) in [5, 5.41) is 17.3. The van der Waals surface area contributed by atoms with E-state index in [1.807, 2.05) is 18.7 Å². The van der Waals surface area contributed by atoms with Gasteiger partial charge in [0.2, 0.25) is 0 Å². The molecule has 2 heterocycles. The van der Waals surface area contributed by atoms with Crippen molar-refractivity contribution in [2.45, 2.75) is 51.7 Å². The molecule has 1 saturated heterocycles. The molecule has 0 radical (unpaired) electrons. The van der Waals surface area contributed by atoms with Crippen molar-refractivity contribution in [2.24, 2.45) is 5.41 Å². The third kappa shape index (κ3) is 2.16. The molecule has 2 fully saturated rings. The quantitative estimate of drug-likeness (QED) is 0.882. The fraction of sp³-hybridized carbons (Fsp3) is 0.750. The number of aliphatic hydroxyl groups is 1. The molecule has 0 bridgehead atoms. The van der Waals surface area contributed by atoms with Crippen LogP contribution in [0.25, 0.3) is 0 Å². The zero-order valence-corrected chi connectivity index (χ0v) is 13.6. The first-order chi connectivity index (χ1) is 10.5. The first-order valence-corrected chi connectivity index (χ1v) is 8.07. The highest BCUT2D eigenvalue weighted by Crippen LogP contribution is 2.50. The monoisotopic (exact) mass is 307 g/mol. The van der Waals surface area contributed by atoms with Crippen LogP contribution >= 0.6 is 0 Å². The van der Waals surface area contributed by atoms with Gasteiger partial charge in [0.1, 0.15) is 0 Å². The van der Waals surface area contributed by atoms with Gasteiger partial charge in [0.25, 0.3) is 5.91 Å². The molecule has 1 aliphatic carbocycles. The number of amides is 1. The molecule has 0 unspecified atom stereocenters. The summed E-state index contributed by atoms with van der Waals surface area (Å²) in [6.07, 6.45) is 2.97. The normalized spacial score (nSPS) is 27.0. The van der Waals surface area contributed by atoms with Crippen molar-refractivity contribution in [1.29, 1.82) is 0 Å². The van der Waals surface area contributed by atoms with Crippen LogP contribution in [0.2, 0.25) is 0 Å². The summed E-state index contributed by atoms with van der Waals surface area (Å²) < 4.78 is 5.49. The summed E-state index contributed by atoms with van der Waals surface area (Å²) in [6.45, 7) is 5.30. The zero-order chi connectivity index (χ0) is 15.9. The number of rotatable bonds is 3. The molecule has 2 N–H and O–H groups in total. The smallest absolute Gasteiger partial charge is 0.274 e. The molecule has 1 spiro atoms. The van der Waals surface area contributed by atoms with Crippen LogP contribution in [0.1, 0.15) is 47.9 Å². The maximum Gasteiger partial charge on any atom is 0.274 e. The van der Waals surface area contributed by atoms with Crippen molar-refractivity contribution in [3.8, 4) is 0 Å². The molecule has 1 aromatic rings. The van der Waals surface area contributed by atoms with Gasteiger partial charge in [-0.3, -0.25) is 9.89 Å². The lowest BCUT2D eigenvalue weighted by molar-refractivity contribution is -0.199. The van der Waals surface area contributed by atoms with Crippen molar-refractivity contribution in [3.63, 3.8) is 0 Å². The number of aromatic nitrogens is 2. The Hall–Kier alpha value is -1.40. The maximum atomic E-state index is 12.6. The molecule has 22 heavy (non-hydrogen) atoms. The van der Waals surface area contributed by atoms with E-state index in [1.54, 1.807) is 7.11 Å². The van der Waals surface area contributed by atoms with Crippen LogP contribution in [-0.2, 0) is 11.2 Å². The molecule has 0 aromatic carbocycles. The van der Waals surface area contributed by atoms with Gasteiger partial charge in [0.05, 0.1) is 12.2 Å². The van der Waals surface area contributed by atoms with Crippen molar-refractivity contribution in [3.05, 3.63) is 17.0 Å². The number of H-pyrrole nitrogens is 1. The van der Waals surface area contributed by atoms with E-state index >= 15 is 0 Å². The number of likely N-dealkylation sites (tertiary alicyclic amines) is 1. The Morgan fingerprint density at radius 2 is 2.18 bits per heavy atom. The Balaban J connectivity index is 1.68. The molecule has 122 valence electrons. The van der Waals surface area contributed by atoms with E-state index in [0.717, 1.165) is 30.5 Å². The van der Waals surface area contributed by atoms with Crippen LogP contribution in [0.15, 0.2) is 0 Å². The summed E-state index contributed by atoms with van der Waals surface area (Å²) in [5.74, 6) is -0.00826. The Bertz CT molecular complexity index is 561. The minimum absolute atomic E-state index is 0.00826. The first-order valence-electron chi connectivity index (χ1n) is 8.07. The zero-order valence-electron chi connectivity index (χ0n) is 13.6. The van der Waals surface area contributed by atoms with Gasteiger partial charge in [-0.25, -0.2) is 0 Å². The average molecular weight is 307 g/mol. The van der Waals surface area contributed by atoms with Gasteiger partial charge in [-0.15, -0.1) is 0 Å². The molecule has 2 aliphatic rings. The number of aromatic amines is 1. The number of methoxy groups -OCH3 is 1. The number of hydrogen-bond donors (Lipinski definition) is 2. The molecule has 1 aliphatic heterocycles. The topological polar surface area (TPSA) is 78.5 Å². The Kier molecular flexibility index (Phi) is 3.99. The molecular formula is C16H25N3O3. The van der Waals surface area contributed by atoms with Crippen LogP contribution in [0, 0.1) is 12.3 Å². The van der Waals surface area contributed by atoms with Gasteiger partial charge in [-0.05, 0) is 26.2 Å². The van der Waals surface area contributed by atoms with Gasteiger partial charge in [0.15, 0.2) is 5.69 Å². The van der Waals surface area contributed by atoms with E-state index < -0.39 is 0 Å². The van der Waals surface area contributed by atoms with E-state index in [-0.39, 0.29) is 23.5 Å². The lowest BCUT2D eigenvalue weighted by Gasteiger charge is -2.56. The highest BCUT2D eigenvalue weighted by molar-refractivity contribution is 5.94.